The molecule has 0 saturated carbocycles. The molecule has 0 bridgehead atoms. The maximum Gasteiger partial charge on any atom is 0.270 e. The summed E-state index contributed by atoms with van der Waals surface area (Å²) >= 11 is 4.79. The van der Waals surface area contributed by atoms with Gasteiger partial charge in [0.1, 0.15) is 23.9 Å². The van der Waals surface area contributed by atoms with Crippen molar-refractivity contribution in [1.82, 2.24) is 9.97 Å². The number of ether oxygens (including phenoxy) is 2. The van der Waals surface area contributed by atoms with Crippen molar-refractivity contribution in [3.63, 3.8) is 0 Å². The van der Waals surface area contributed by atoms with Crippen LogP contribution in [-0.4, -0.2) is 23.3 Å². The number of benzene rings is 2. The Labute approximate surface area is 174 Å². The van der Waals surface area contributed by atoms with Crippen LogP contribution in [0.2, 0.25) is 0 Å². The van der Waals surface area contributed by atoms with E-state index in [1.807, 2.05) is 30.3 Å². The van der Waals surface area contributed by atoms with Gasteiger partial charge in [0.15, 0.2) is 16.7 Å². The lowest BCUT2D eigenvalue weighted by molar-refractivity contribution is 0.285. The number of nitriles is 1. The van der Waals surface area contributed by atoms with Gasteiger partial charge in [-0.1, -0.05) is 52.0 Å². The molecule has 0 unspecified atom stereocenters. The molecule has 28 heavy (non-hydrogen) atoms. The van der Waals surface area contributed by atoms with Crippen LogP contribution in [0.5, 0.6) is 11.5 Å². The lowest BCUT2D eigenvalue weighted by Gasteiger charge is -2.16. The van der Waals surface area contributed by atoms with E-state index in [0.29, 0.717) is 22.2 Å². The lowest BCUT2D eigenvalue weighted by Crippen LogP contribution is -2.15. The fraction of sp³-hybridized carbons (Fsp3) is 0.150. The quantitative estimate of drug-likeness (QED) is 0.436. The second-order valence-corrected chi connectivity index (χ2v) is 7.28. The summed E-state index contributed by atoms with van der Waals surface area (Å²) < 4.78 is 12.4. The Bertz CT molecular complexity index is 1110. The van der Waals surface area contributed by atoms with Crippen LogP contribution in [0.15, 0.2) is 56.9 Å². The van der Waals surface area contributed by atoms with Crippen molar-refractivity contribution in [2.75, 3.05) is 13.4 Å². The summed E-state index contributed by atoms with van der Waals surface area (Å²) in [4.78, 5) is 19.3. The number of hydrogen-bond donors (Lipinski definition) is 1. The monoisotopic (exact) mass is 457 g/mol. The van der Waals surface area contributed by atoms with E-state index in [1.165, 1.54) is 18.9 Å². The van der Waals surface area contributed by atoms with Crippen molar-refractivity contribution >= 4 is 27.7 Å². The highest BCUT2D eigenvalue weighted by Crippen LogP contribution is 2.39. The van der Waals surface area contributed by atoms with E-state index in [2.05, 4.69) is 25.9 Å². The van der Waals surface area contributed by atoms with Crippen molar-refractivity contribution in [3.05, 3.63) is 68.4 Å². The highest BCUT2D eigenvalue weighted by molar-refractivity contribution is 9.10. The Kier molecular flexibility index (Phi) is 6.39. The minimum absolute atomic E-state index is 0.0724. The van der Waals surface area contributed by atoms with Crippen LogP contribution in [0.25, 0.3) is 11.3 Å². The van der Waals surface area contributed by atoms with E-state index in [9.17, 15) is 10.1 Å². The molecule has 1 heterocycles. The fourth-order valence-electron chi connectivity index (χ4n) is 2.63. The van der Waals surface area contributed by atoms with Gasteiger partial charge in [0.2, 0.25) is 0 Å². The molecule has 0 radical (unpaired) electrons. The SMILES string of the molecule is COc1cccc(-c2nc(SC)[nH]c(=O)c2C#N)c1OCc1ccccc1Br. The average Bonchev–Trinajstić information content (AvgIpc) is 2.72. The third-order valence-corrected chi connectivity index (χ3v) is 5.34. The maximum atomic E-state index is 12.3. The zero-order valence-corrected chi connectivity index (χ0v) is 17.6. The fourth-order valence-corrected chi connectivity index (χ4v) is 3.40. The number of H-pyrrole nitrogens is 1. The van der Waals surface area contributed by atoms with Crippen molar-refractivity contribution in [1.29, 1.82) is 5.26 Å². The number of rotatable bonds is 6. The first kappa shape index (κ1) is 20.0. The molecular weight excluding hydrogens is 442 g/mol. The minimum atomic E-state index is -0.489. The van der Waals surface area contributed by atoms with E-state index >= 15 is 0 Å². The molecule has 0 atom stereocenters. The summed E-state index contributed by atoms with van der Waals surface area (Å²) in [7, 11) is 1.54. The van der Waals surface area contributed by atoms with Gasteiger partial charge >= 0.3 is 0 Å². The molecule has 6 nitrogen and oxygen atoms in total. The number of halogens is 1. The zero-order chi connectivity index (χ0) is 20.1. The number of aromatic amines is 1. The predicted molar refractivity (Wildman–Crippen MR) is 112 cm³/mol. The van der Waals surface area contributed by atoms with E-state index in [4.69, 9.17) is 9.47 Å². The Balaban J connectivity index is 2.13. The number of aromatic nitrogens is 2. The van der Waals surface area contributed by atoms with Gasteiger partial charge in [-0.3, -0.25) is 4.79 Å². The number of nitrogens with one attached hydrogen (secondary N) is 1. The Morgan fingerprint density at radius 1 is 1.25 bits per heavy atom. The number of methoxy groups -OCH3 is 1. The van der Waals surface area contributed by atoms with Gasteiger partial charge in [0, 0.05) is 15.6 Å². The van der Waals surface area contributed by atoms with Crippen LogP contribution < -0.4 is 15.0 Å². The largest absolute Gasteiger partial charge is 0.493 e. The third kappa shape index (κ3) is 4.06. The van der Waals surface area contributed by atoms with Crippen LogP contribution in [0.1, 0.15) is 11.1 Å². The summed E-state index contributed by atoms with van der Waals surface area (Å²) in [5.41, 5.74) is 1.16. The smallest absolute Gasteiger partial charge is 0.270 e. The number of nitrogens with zero attached hydrogens (tertiary/aromatic N) is 2. The van der Waals surface area contributed by atoms with E-state index in [-0.39, 0.29) is 17.9 Å². The van der Waals surface area contributed by atoms with Crippen molar-refractivity contribution in [3.8, 4) is 28.8 Å². The number of thioether (sulfide) groups is 1. The topological polar surface area (TPSA) is 88.0 Å². The highest BCUT2D eigenvalue weighted by atomic mass is 79.9. The first-order valence-electron chi connectivity index (χ1n) is 8.21. The summed E-state index contributed by atoms with van der Waals surface area (Å²) in [5.74, 6) is 0.906. The lowest BCUT2D eigenvalue weighted by atomic mass is 10.1. The molecule has 0 aliphatic carbocycles. The molecule has 8 heteroatoms. The second-order valence-electron chi connectivity index (χ2n) is 5.63. The molecule has 142 valence electrons. The van der Waals surface area contributed by atoms with Crippen molar-refractivity contribution in [2.45, 2.75) is 11.8 Å². The summed E-state index contributed by atoms with van der Waals surface area (Å²) in [6, 6.07) is 14.9. The van der Waals surface area contributed by atoms with Crippen LogP contribution in [0, 0.1) is 11.3 Å². The Hall–Kier alpha value is -2.76. The van der Waals surface area contributed by atoms with Crippen LogP contribution in [0.3, 0.4) is 0 Å². The summed E-state index contributed by atoms with van der Waals surface area (Å²) in [5, 5.41) is 9.91. The normalized spacial score (nSPS) is 10.4. The minimum Gasteiger partial charge on any atom is -0.493 e. The summed E-state index contributed by atoms with van der Waals surface area (Å²) in [6.45, 7) is 0.273. The molecule has 0 aliphatic rings. The zero-order valence-electron chi connectivity index (χ0n) is 15.2. The molecule has 2 aromatic carbocycles. The van der Waals surface area contributed by atoms with Gasteiger partial charge in [0.05, 0.1) is 7.11 Å². The molecule has 0 amide bonds. The molecule has 1 aromatic heterocycles. The first-order chi connectivity index (χ1) is 13.6. The second kappa shape index (κ2) is 8.95. The molecule has 0 saturated heterocycles. The van der Waals surface area contributed by atoms with Gasteiger partial charge in [-0.15, -0.1) is 0 Å². The standard InChI is InChI=1S/C20H16BrN3O3S/c1-26-16-9-5-7-13(17-14(10-22)19(25)24-20(23-17)28-2)18(16)27-11-12-6-3-4-8-15(12)21/h3-9H,11H2,1-2H3,(H,23,24,25). The highest BCUT2D eigenvalue weighted by Gasteiger charge is 2.20. The van der Waals surface area contributed by atoms with Crippen LogP contribution in [0.4, 0.5) is 0 Å². The molecule has 0 spiro atoms. The molecule has 1 N–H and O–H groups in total. The Morgan fingerprint density at radius 2 is 2.04 bits per heavy atom. The van der Waals surface area contributed by atoms with Crippen LogP contribution >= 0.6 is 27.7 Å². The van der Waals surface area contributed by atoms with E-state index < -0.39 is 5.56 Å². The van der Waals surface area contributed by atoms with Gasteiger partial charge < -0.3 is 14.5 Å². The van der Waals surface area contributed by atoms with E-state index in [1.54, 1.807) is 24.5 Å². The molecule has 3 rings (SSSR count). The maximum absolute atomic E-state index is 12.3. The average molecular weight is 458 g/mol. The Morgan fingerprint density at radius 3 is 2.71 bits per heavy atom. The molecule has 0 fully saturated rings. The van der Waals surface area contributed by atoms with Crippen LogP contribution in [-0.2, 0) is 6.61 Å². The van der Waals surface area contributed by atoms with E-state index in [0.717, 1.165) is 10.0 Å². The number of para-hydroxylation sites is 1. The molecule has 3 aromatic rings. The van der Waals surface area contributed by atoms with Gasteiger partial charge in [-0.2, -0.15) is 5.26 Å². The van der Waals surface area contributed by atoms with Crippen molar-refractivity contribution < 1.29 is 9.47 Å². The number of hydrogen-bond acceptors (Lipinski definition) is 6. The predicted octanol–water partition coefficient (Wildman–Crippen LogP) is 4.38. The first-order valence-corrected chi connectivity index (χ1v) is 10.2. The summed E-state index contributed by atoms with van der Waals surface area (Å²) in [6.07, 6.45) is 1.80. The van der Waals surface area contributed by atoms with Crippen molar-refractivity contribution in [2.24, 2.45) is 0 Å². The van der Waals surface area contributed by atoms with Gasteiger partial charge in [-0.25, -0.2) is 4.98 Å². The van der Waals surface area contributed by atoms with Gasteiger partial charge in [-0.05, 0) is 24.5 Å². The molecular formula is C20H16BrN3O3S. The third-order valence-electron chi connectivity index (χ3n) is 3.99. The molecule has 0 aliphatic heterocycles. The van der Waals surface area contributed by atoms with Gasteiger partial charge in [0.25, 0.3) is 5.56 Å².